The predicted molar refractivity (Wildman–Crippen MR) is 75.8 cm³/mol. The molecular weight excluding hydrogens is 260 g/mol. The molecule has 1 heterocycles. The number of aliphatic hydroxyl groups excluding tert-OH is 1. The van der Waals surface area contributed by atoms with Crippen molar-refractivity contribution >= 4 is 22.4 Å². The number of nitro groups is 1. The number of aliphatic hydroxyl groups is 1. The van der Waals surface area contributed by atoms with Crippen molar-refractivity contribution in [3.8, 4) is 0 Å². The highest BCUT2D eigenvalue weighted by Crippen LogP contribution is 2.26. The van der Waals surface area contributed by atoms with Crippen LogP contribution in [0.25, 0.3) is 10.9 Å². The van der Waals surface area contributed by atoms with Crippen molar-refractivity contribution in [1.29, 1.82) is 0 Å². The minimum Gasteiger partial charge on any atom is -0.395 e. The third-order valence-corrected chi connectivity index (χ3v) is 2.97. The molecule has 0 fully saturated rings. The van der Waals surface area contributed by atoms with E-state index in [0.717, 1.165) is 13.0 Å². The molecule has 0 aliphatic rings. The Balaban J connectivity index is 2.55. The minimum absolute atomic E-state index is 0.000420. The van der Waals surface area contributed by atoms with Gasteiger partial charge in [-0.3, -0.25) is 10.1 Å². The van der Waals surface area contributed by atoms with Crippen LogP contribution >= 0.6 is 0 Å². The number of aromatic nitrogens is 2. The van der Waals surface area contributed by atoms with Gasteiger partial charge in [0.25, 0.3) is 5.69 Å². The van der Waals surface area contributed by atoms with Gasteiger partial charge in [-0.1, -0.05) is 6.92 Å². The van der Waals surface area contributed by atoms with Gasteiger partial charge in [0.05, 0.1) is 17.0 Å². The first kappa shape index (κ1) is 14.1. The van der Waals surface area contributed by atoms with Crippen LogP contribution in [-0.2, 0) is 0 Å². The normalized spacial score (nSPS) is 10.7. The molecule has 0 bridgehead atoms. The van der Waals surface area contributed by atoms with Gasteiger partial charge in [0.1, 0.15) is 12.1 Å². The van der Waals surface area contributed by atoms with E-state index in [4.69, 9.17) is 5.11 Å². The fourth-order valence-corrected chi connectivity index (χ4v) is 2.11. The SMILES string of the molecule is CCCN(CCO)c1ncnc2ccc([N+](=O)[O-])cc12. The fraction of sp³-hybridized carbons (Fsp3) is 0.385. The van der Waals surface area contributed by atoms with E-state index in [0.29, 0.717) is 23.3 Å². The summed E-state index contributed by atoms with van der Waals surface area (Å²) in [6.07, 6.45) is 2.32. The molecule has 1 N–H and O–H groups in total. The summed E-state index contributed by atoms with van der Waals surface area (Å²) in [6.45, 7) is 3.18. The van der Waals surface area contributed by atoms with Crippen molar-refractivity contribution in [2.24, 2.45) is 0 Å². The molecule has 2 aromatic rings. The molecule has 0 saturated heterocycles. The highest BCUT2D eigenvalue weighted by Gasteiger charge is 2.14. The Labute approximate surface area is 116 Å². The molecule has 0 aliphatic heterocycles. The van der Waals surface area contributed by atoms with Gasteiger partial charge in [0.2, 0.25) is 0 Å². The van der Waals surface area contributed by atoms with Crippen LogP contribution in [-0.4, -0.2) is 39.7 Å². The van der Waals surface area contributed by atoms with E-state index < -0.39 is 4.92 Å². The number of anilines is 1. The number of nitro benzene ring substituents is 1. The maximum absolute atomic E-state index is 10.9. The lowest BCUT2D eigenvalue weighted by atomic mass is 10.2. The van der Waals surface area contributed by atoms with Crippen LogP contribution in [0.5, 0.6) is 0 Å². The zero-order chi connectivity index (χ0) is 14.5. The Morgan fingerprint density at radius 2 is 2.15 bits per heavy atom. The van der Waals surface area contributed by atoms with E-state index in [-0.39, 0.29) is 12.3 Å². The van der Waals surface area contributed by atoms with Crippen molar-refractivity contribution in [1.82, 2.24) is 9.97 Å². The highest BCUT2D eigenvalue weighted by atomic mass is 16.6. The molecule has 1 aromatic carbocycles. The summed E-state index contributed by atoms with van der Waals surface area (Å²) in [5.41, 5.74) is 0.661. The van der Waals surface area contributed by atoms with E-state index in [2.05, 4.69) is 9.97 Å². The first-order valence-electron chi connectivity index (χ1n) is 6.42. The van der Waals surface area contributed by atoms with Crippen molar-refractivity contribution in [3.63, 3.8) is 0 Å². The summed E-state index contributed by atoms with van der Waals surface area (Å²) < 4.78 is 0. The molecule has 20 heavy (non-hydrogen) atoms. The number of non-ortho nitro benzene ring substituents is 1. The van der Waals surface area contributed by atoms with Gasteiger partial charge in [-0.25, -0.2) is 9.97 Å². The number of hydrogen-bond donors (Lipinski definition) is 1. The van der Waals surface area contributed by atoms with Gasteiger partial charge in [0, 0.05) is 30.6 Å². The summed E-state index contributed by atoms with van der Waals surface area (Å²) in [4.78, 5) is 20.7. The van der Waals surface area contributed by atoms with Crippen LogP contribution in [0.2, 0.25) is 0 Å². The molecule has 7 heteroatoms. The smallest absolute Gasteiger partial charge is 0.270 e. The van der Waals surface area contributed by atoms with Crippen LogP contribution in [0, 0.1) is 10.1 Å². The largest absolute Gasteiger partial charge is 0.395 e. The van der Waals surface area contributed by atoms with Crippen molar-refractivity contribution in [2.75, 3.05) is 24.6 Å². The number of rotatable bonds is 6. The maximum Gasteiger partial charge on any atom is 0.270 e. The first-order valence-corrected chi connectivity index (χ1v) is 6.42. The zero-order valence-corrected chi connectivity index (χ0v) is 11.2. The lowest BCUT2D eigenvalue weighted by Gasteiger charge is -2.23. The average molecular weight is 276 g/mol. The van der Waals surface area contributed by atoms with Crippen molar-refractivity contribution in [3.05, 3.63) is 34.6 Å². The predicted octanol–water partition coefficient (Wildman–Crippen LogP) is 1.75. The van der Waals surface area contributed by atoms with Gasteiger partial charge < -0.3 is 10.0 Å². The van der Waals surface area contributed by atoms with Gasteiger partial charge in [-0.2, -0.15) is 0 Å². The molecular formula is C13H16N4O3. The van der Waals surface area contributed by atoms with Gasteiger partial charge in [0.15, 0.2) is 0 Å². The van der Waals surface area contributed by atoms with Crippen molar-refractivity contribution < 1.29 is 10.0 Å². The molecule has 1 aromatic heterocycles. The van der Waals surface area contributed by atoms with E-state index in [1.807, 2.05) is 11.8 Å². The standard InChI is InChI=1S/C13H16N4O3/c1-2-5-16(6-7-18)13-11-8-10(17(19)20)3-4-12(11)14-9-15-13/h3-4,8-9,18H,2,5-7H2,1H3. The molecule has 0 unspecified atom stereocenters. The van der Waals surface area contributed by atoms with Crippen molar-refractivity contribution in [2.45, 2.75) is 13.3 Å². The molecule has 0 radical (unpaired) electrons. The summed E-state index contributed by atoms with van der Waals surface area (Å²) in [7, 11) is 0. The average Bonchev–Trinajstić information content (AvgIpc) is 2.46. The molecule has 106 valence electrons. The van der Waals surface area contributed by atoms with Crippen LogP contribution in [0.4, 0.5) is 11.5 Å². The second-order valence-corrected chi connectivity index (χ2v) is 4.37. The molecule has 7 nitrogen and oxygen atoms in total. The fourth-order valence-electron chi connectivity index (χ4n) is 2.11. The summed E-state index contributed by atoms with van der Waals surface area (Å²) in [5.74, 6) is 0.620. The number of benzene rings is 1. The quantitative estimate of drug-likeness (QED) is 0.638. The molecule has 0 saturated carbocycles. The van der Waals surface area contributed by atoms with Crippen LogP contribution in [0.15, 0.2) is 24.5 Å². The number of fused-ring (bicyclic) bond motifs is 1. The van der Waals surface area contributed by atoms with Gasteiger partial charge in [-0.15, -0.1) is 0 Å². The maximum atomic E-state index is 10.9. The second-order valence-electron chi connectivity index (χ2n) is 4.37. The third-order valence-electron chi connectivity index (χ3n) is 2.97. The summed E-state index contributed by atoms with van der Waals surface area (Å²) >= 11 is 0. The summed E-state index contributed by atoms with van der Waals surface area (Å²) in [6, 6.07) is 4.52. The lowest BCUT2D eigenvalue weighted by molar-refractivity contribution is -0.384. The second kappa shape index (κ2) is 6.25. The van der Waals surface area contributed by atoms with E-state index in [9.17, 15) is 10.1 Å². The Morgan fingerprint density at radius 3 is 2.80 bits per heavy atom. The molecule has 0 amide bonds. The van der Waals surface area contributed by atoms with Crippen LogP contribution < -0.4 is 4.90 Å². The summed E-state index contributed by atoms with van der Waals surface area (Å²) in [5, 5.41) is 20.7. The topological polar surface area (TPSA) is 92.4 Å². The van der Waals surface area contributed by atoms with E-state index in [1.54, 1.807) is 6.07 Å². The Kier molecular flexibility index (Phi) is 4.41. The Bertz CT molecular complexity index is 612. The van der Waals surface area contributed by atoms with Gasteiger partial charge >= 0.3 is 0 Å². The van der Waals surface area contributed by atoms with Crippen LogP contribution in [0.3, 0.4) is 0 Å². The van der Waals surface area contributed by atoms with E-state index >= 15 is 0 Å². The first-order chi connectivity index (χ1) is 9.67. The molecule has 0 atom stereocenters. The Morgan fingerprint density at radius 1 is 1.35 bits per heavy atom. The lowest BCUT2D eigenvalue weighted by Crippen LogP contribution is -2.28. The molecule has 0 aliphatic carbocycles. The molecule has 0 spiro atoms. The Hall–Kier alpha value is -2.28. The highest BCUT2D eigenvalue weighted by molar-refractivity contribution is 5.91. The number of hydrogen-bond acceptors (Lipinski definition) is 6. The monoisotopic (exact) mass is 276 g/mol. The van der Waals surface area contributed by atoms with Crippen LogP contribution in [0.1, 0.15) is 13.3 Å². The number of nitrogens with zero attached hydrogens (tertiary/aromatic N) is 4. The minimum atomic E-state index is -0.438. The molecule has 2 rings (SSSR count). The van der Waals surface area contributed by atoms with E-state index in [1.165, 1.54) is 18.5 Å². The zero-order valence-electron chi connectivity index (χ0n) is 11.2. The van der Waals surface area contributed by atoms with Gasteiger partial charge in [-0.05, 0) is 12.5 Å². The third kappa shape index (κ3) is 2.83.